The molecule has 0 spiro atoms. The standard InChI is InChI=1S/C13H13F3O3/c1-3-18-12(17)9(2)8-10-6-4-5-7-11(10)19-13(14,15)16/h4-7H,2-3,8H2,1H3. The maximum atomic E-state index is 12.2. The number of benzene rings is 1. The van der Waals surface area contributed by atoms with Crippen molar-refractivity contribution in [1.82, 2.24) is 0 Å². The minimum Gasteiger partial charge on any atom is -0.463 e. The molecule has 0 saturated heterocycles. The number of rotatable bonds is 5. The number of carbonyl (C=O) groups is 1. The van der Waals surface area contributed by atoms with Crippen molar-refractivity contribution in [2.24, 2.45) is 0 Å². The average Bonchev–Trinajstić information content (AvgIpc) is 2.30. The van der Waals surface area contributed by atoms with Crippen molar-refractivity contribution >= 4 is 5.97 Å². The molecule has 104 valence electrons. The maximum absolute atomic E-state index is 12.2. The van der Waals surface area contributed by atoms with Crippen LogP contribution in [0, 0.1) is 0 Å². The molecule has 1 aromatic carbocycles. The second kappa shape index (κ2) is 6.26. The van der Waals surface area contributed by atoms with Crippen LogP contribution in [-0.2, 0) is 16.0 Å². The molecular formula is C13H13F3O3. The van der Waals surface area contributed by atoms with Gasteiger partial charge in [-0.3, -0.25) is 0 Å². The topological polar surface area (TPSA) is 35.5 Å². The number of ether oxygens (including phenoxy) is 2. The minimum atomic E-state index is -4.78. The molecule has 0 atom stereocenters. The number of carbonyl (C=O) groups excluding carboxylic acids is 1. The van der Waals surface area contributed by atoms with Gasteiger partial charge in [-0.15, -0.1) is 13.2 Å². The van der Waals surface area contributed by atoms with Gasteiger partial charge in [0.25, 0.3) is 0 Å². The zero-order valence-electron chi connectivity index (χ0n) is 10.3. The van der Waals surface area contributed by atoms with E-state index in [9.17, 15) is 18.0 Å². The van der Waals surface area contributed by atoms with Crippen LogP contribution in [-0.4, -0.2) is 18.9 Å². The summed E-state index contributed by atoms with van der Waals surface area (Å²) in [4.78, 5) is 11.4. The van der Waals surface area contributed by atoms with E-state index in [1.165, 1.54) is 18.2 Å². The van der Waals surface area contributed by atoms with E-state index in [0.717, 1.165) is 0 Å². The highest BCUT2D eigenvalue weighted by atomic mass is 19.4. The molecule has 19 heavy (non-hydrogen) atoms. The van der Waals surface area contributed by atoms with E-state index in [1.54, 1.807) is 13.0 Å². The van der Waals surface area contributed by atoms with Gasteiger partial charge in [0.1, 0.15) is 5.75 Å². The van der Waals surface area contributed by atoms with Crippen LogP contribution in [0.2, 0.25) is 0 Å². The summed E-state index contributed by atoms with van der Waals surface area (Å²) in [5.41, 5.74) is 0.290. The summed E-state index contributed by atoms with van der Waals surface area (Å²) in [6.07, 6.45) is -4.84. The van der Waals surface area contributed by atoms with Crippen LogP contribution in [0.15, 0.2) is 36.4 Å². The summed E-state index contributed by atoms with van der Waals surface area (Å²) in [6, 6.07) is 5.58. The summed E-state index contributed by atoms with van der Waals surface area (Å²) in [7, 11) is 0. The molecule has 3 nitrogen and oxygen atoms in total. The number of hydrogen-bond donors (Lipinski definition) is 0. The molecule has 1 aromatic rings. The third-order valence-electron chi connectivity index (χ3n) is 2.17. The van der Waals surface area contributed by atoms with Gasteiger partial charge < -0.3 is 9.47 Å². The molecule has 0 aliphatic carbocycles. The molecule has 0 radical (unpaired) electrons. The molecule has 0 amide bonds. The average molecular weight is 274 g/mol. The Balaban J connectivity index is 2.84. The van der Waals surface area contributed by atoms with Gasteiger partial charge in [-0.1, -0.05) is 24.8 Å². The second-order valence-corrected chi connectivity index (χ2v) is 3.66. The van der Waals surface area contributed by atoms with Crippen molar-refractivity contribution in [3.05, 3.63) is 42.0 Å². The van der Waals surface area contributed by atoms with Gasteiger partial charge in [-0.2, -0.15) is 0 Å². The van der Waals surface area contributed by atoms with Gasteiger partial charge in [0.05, 0.1) is 6.61 Å². The molecule has 0 bridgehead atoms. The van der Waals surface area contributed by atoms with E-state index >= 15 is 0 Å². The Labute approximate surface area is 108 Å². The zero-order chi connectivity index (χ0) is 14.5. The van der Waals surface area contributed by atoms with Gasteiger partial charge in [0.15, 0.2) is 0 Å². The van der Waals surface area contributed by atoms with Crippen LogP contribution in [0.1, 0.15) is 12.5 Å². The largest absolute Gasteiger partial charge is 0.573 e. The molecule has 0 heterocycles. The Kier molecular flexibility index (Phi) is 4.97. The lowest BCUT2D eigenvalue weighted by Gasteiger charge is -2.13. The Morgan fingerprint density at radius 2 is 1.95 bits per heavy atom. The molecule has 1 rings (SSSR count). The number of hydrogen-bond acceptors (Lipinski definition) is 3. The predicted octanol–water partition coefficient (Wildman–Crippen LogP) is 3.25. The monoisotopic (exact) mass is 274 g/mol. The summed E-state index contributed by atoms with van der Waals surface area (Å²) in [6.45, 7) is 5.30. The highest BCUT2D eigenvalue weighted by Crippen LogP contribution is 2.27. The predicted molar refractivity (Wildman–Crippen MR) is 62.6 cm³/mol. The fraction of sp³-hybridized carbons (Fsp3) is 0.308. The first-order valence-electron chi connectivity index (χ1n) is 5.52. The van der Waals surface area contributed by atoms with Crippen LogP contribution in [0.4, 0.5) is 13.2 Å². The van der Waals surface area contributed by atoms with Crippen molar-refractivity contribution in [3.8, 4) is 5.75 Å². The normalized spacial score (nSPS) is 10.9. The molecule has 6 heteroatoms. The summed E-state index contributed by atoms with van der Waals surface area (Å²) >= 11 is 0. The molecule has 0 fully saturated rings. The number of esters is 1. The first-order chi connectivity index (χ1) is 8.83. The number of alkyl halides is 3. The molecular weight excluding hydrogens is 261 g/mol. The van der Waals surface area contributed by atoms with Crippen LogP contribution < -0.4 is 4.74 Å². The molecule has 0 unspecified atom stereocenters. The van der Waals surface area contributed by atoms with E-state index in [0.29, 0.717) is 0 Å². The van der Waals surface area contributed by atoms with Crippen LogP contribution in [0.5, 0.6) is 5.75 Å². The highest BCUT2D eigenvalue weighted by Gasteiger charge is 2.32. The second-order valence-electron chi connectivity index (χ2n) is 3.66. The summed E-state index contributed by atoms with van der Waals surface area (Å²) < 4.78 is 45.2. The Bertz CT molecular complexity index is 466. The van der Waals surface area contributed by atoms with Crippen molar-refractivity contribution < 1.29 is 27.4 Å². The van der Waals surface area contributed by atoms with Crippen molar-refractivity contribution in [2.75, 3.05) is 6.61 Å². The number of para-hydroxylation sites is 1. The molecule has 0 saturated carbocycles. The lowest BCUT2D eigenvalue weighted by Crippen LogP contribution is -2.18. The quantitative estimate of drug-likeness (QED) is 0.610. The first kappa shape index (κ1) is 15.1. The van der Waals surface area contributed by atoms with Crippen molar-refractivity contribution in [1.29, 1.82) is 0 Å². The van der Waals surface area contributed by atoms with E-state index in [2.05, 4.69) is 11.3 Å². The smallest absolute Gasteiger partial charge is 0.463 e. The lowest BCUT2D eigenvalue weighted by molar-refractivity contribution is -0.274. The van der Waals surface area contributed by atoms with Crippen LogP contribution in [0.25, 0.3) is 0 Å². The van der Waals surface area contributed by atoms with E-state index in [-0.39, 0.29) is 29.9 Å². The van der Waals surface area contributed by atoms with Crippen LogP contribution >= 0.6 is 0 Å². The van der Waals surface area contributed by atoms with Crippen LogP contribution in [0.3, 0.4) is 0 Å². The maximum Gasteiger partial charge on any atom is 0.573 e. The fourth-order valence-corrected chi connectivity index (χ4v) is 1.41. The van der Waals surface area contributed by atoms with Crippen molar-refractivity contribution in [3.63, 3.8) is 0 Å². The summed E-state index contributed by atoms with van der Waals surface area (Å²) in [5.74, 6) is -0.982. The van der Waals surface area contributed by atoms with Gasteiger partial charge in [0, 0.05) is 12.0 Å². The van der Waals surface area contributed by atoms with Crippen molar-refractivity contribution in [2.45, 2.75) is 19.7 Å². The SMILES string of the molecule is C=C(Cc1ccccc1OC(F)(F)F)C(=O)OCC. The Morgan fingerprint density at radius 3 is 2.53 bits per heavy atom. The van der Waals surface area contributed by atoms with Gasteiger partial charge in [-0.25, -0.2) is 4.79 Å². The highest BCUT2D eigenvalue weighted by molar-refractivity contribution is 5.88. The molecule has 0 aromatic heterocycles. The first-order valence-corrected chi connectivity index (χ1v) is 5.52. The fourth-order valence-electron chi connectivity index (χ4n) is 1.41. The number of halogens is 3. The Hall–Kier alpha value is -1.98. The Morgan fingerprint density at radius 1 is 1.32 bits per heavy atom. The molecule has 0 N–H and O–H groups in total. The van der Waals surface area contributed by atoms with E-state index < -0.39 is 12.3 Å². The van der Waals surface area contributed by atoms with E-state index in [1.807, 2.05) is 0 Å². The van der Waals surface area contributed by atoms with Gasteiger partial charge in [-0.05, 0) is 18.6 Å². The third-order valence-corrected chi connectivity index (χ3v) is 2.17. The zero-order valence-corrected chi connectivity index (χ0v) is 10.3. The minimum absolute atomic E-state index is 0.0644. The van der Waals surface area contributed by atoms with E-state index in [4.69, 9.17) is 4.74 Å². The summed E-state index contributed by atoms with van der Waals surface area (Å²) in [5, 5.41) is 0. The van der Waals surface area contributed by atoms with Gasteiger partial charge >= 0.3 is 12.3 Å². The third kappa shape index (κ3) is 5.03. The molecule has 0 aliphatic rings. The van der Waals surface area contributed by atoms with Gasteiger partial charge in [0.2, 0.25) is 0 Å². The molecule has 0 aliphatic heterocycles. The lowest BCUT2D eigenvalue weighted by atomic mass is 10.1.